The molecular formula is C25H18O8. The second kappa shape index (κ2) is 8.23. The van der Waals surface area contributed by atoms with Crippen LogP contribution in [0.1, 0.15) is 26.3 Å². The lowest BCUT2D eigenvalue weighted by atomic mass is 10.1. The zero-order valence-corrected chi connectivity index (χ0v) is 17.7. The highest BCUT2D eigenvalue weighted by Gasteiger charge is 2.28. The van der Waals surface area contributed by atoms with E-state index < -0.39 is 5.97 Å². The lowest BCUT2D eigenvalue weighted by molar-refractivity contribution is 0.0734. The predicted octanol–water partition coefficient (Wildman–Crippen LogP) is 4.27. The van der Waals surface area contributed by atoms with Crippen molar-refractivity contribution < 1.29 is 38.0 Å². The fourth-order valence-electron chi connectivity index (χ4n) is 3.51. The zero-order chi connectivity index (χ0) is 22.9. The van der Waals surface area contributed by atoms with Crippen molar-refractivity contribution in [3.63, 3.8) is 0 Å². The number of Topliss-reactive ketones (excluding diaryl/α,β-unsaturated/α-hetero) is 1. The molecule has 0 spiro atoms. The minimum Gasteiger partial charge on any atom is -0.493 e. The van der Waals surface area contributed by atoms with E-state index in [2.05, 4.69) is 0 Å². The molecule has 0 fully saturated rings. The van der Waals surface area contributed by atoms with Gasteiger partial charge in [-0.1, -0.05) is 6.07 Å². The highest BCUT2D eigenvalue weighted by Crippen LogP contribution is 2.37. The second-order valence-electron chi connectivity index (χ2n) is 7.17. The van der Waals surface area contributed by atoms with Crippen molar-refractivity contribution in [2.75, 3.05) is 21.0 Å². The van der Waals surface area contributed by atoms with Gasteiger partial charge >= 0.3 is 5.97 Å². The molecule has 33 heavy (non-hydrogen) atoms. The first kappa shape index (κ1) is 20.4. The second-order valence-corrected chi connectivity index (χ2v) is 7.17. The van der Waals surface area contributed by atoms with E-state index in [-0.39, 0.29) is 24.1 Å². The van der Waals surface area contributed by atoms with Gasteiger partial charge in [0, 0.05) is 6.07 Å². The van der Waals surface area contributed by atoms with Crippen LogP contribution < -0.4 is 28.4 Å². The molecule has 0 unspecified atom stereocenters. The maximum absolute atomic E-state index is 12.8. The van der Waals surface area contributed by atoms with Crippen molar-refractivity contribution in [2.45, 2.75) is 0 Å². The fourth-order valence-corrected chi connectivity index (χ4v) is 3.51. The van der Waals surface area contributed by atoms with Crippen LogP contribution in [-0.4, -0.2) is 32.8 Å². The number of esters is 1. The van der Waals surface area contributed by atoms with Crippen molar-refractivity contribution in [2.24, 2.45) is 0 Å². The summed E-state index contributed by atoms with van der Waals surface area (Å²) in [7, 11) is 3.08. The van der Waals surface area contributed by atoms with Crippen LogP contribution >= 0.6 is 0 Å². The Labute approximate surface area is 188 Å². The van der Waals surface area contributed by atoms with E-state index in [0.717, 1.165) is 0 Å². The summed E-state index contributed by atoms with van der Waals surface area (Å²) in [6.07, 6.45) is 1.61. The molecule has 0 saturated heterocycles. The van der Waals surface area contributed by atoms with Crippen molar-refractivity contribution in [1.29, 1.82) is 0 Å². The molecule has 3 aromatic carbocycles. The molecule has 0 N–H and O–H groups in total. The topological polar surface area (TPSA) is 89.5 Å². The Morgan fingerprint density at radius 2 is 1.70 bits per heavy atom. The van der Waals surface area contributed by atoms with Gasteiger partial charge in [-0.2, -0.15) is 0 Å². The smallest absolute Gasteiger partial charge is 0.343 e. The third-order valence-corrected chi connectivity index (χ3v) is 5.17. The average molecular weight is 446 g/mol. The molecule has 0 radical (unpaired) electrons. The predicted molar refractivity (Wildman–Crippen MR) is 116 cm³/mol. The van der Waals surface area contributed by atoms with Crippen LogP contribution in [-0.2, 0) is 0 Å². The number of rotatable bonds is 5. The van der Waals surface area contributed by atoms with Gasteiger partial charge in [0.25, 0.3) is 0 Å². The number of ether oxygens (including phenoxy) is 6. The van der Waals surface area contributed by atoms with Crippen LogP contribution in [0.15, 0.2) is 60.4 Å². The number of benzene rings is 3. The van der Waals surface area contributed by atoms with E-state index >= 15 is 0 Å². The standard InChI is InChI=1S/C25H18O8/c1-28-18-7-3-14(9-21(18)29-2)10-23-24(26)17-6-5-16(12-20(17)33-23)32-25(27)15-4-8-19-22(11-15)31-13-30-19/h3-12H,13H2,1-2H3/b23-10-. The summed E-state index contributed by atoms with van der Waals surface area (Å²) in [5.74, 6) is 2.04. The maximum atomic E-state index is 12.8. The van der Waals surface area contributed by atoms with Gasteiger partial charge in [-0.3, -0.25) is 4.79 Å². The van der Waals surface area contributed by atoms with Crippen LogP contribution in [0, 0.1) is 0 Å². The normalized spacial score (nSPS) is 14.6. The molecule has 8 nitrogen and oxygen atoms in total. The van der Waals surface area contributed by atoms with Crippen molar-refractivity contribution >= 4 is 17.8 Å². The number of methoxy groups -OCH3 is 2. The van der Waals surface area contributed by atoms with Gasteiger partial charge < -0.3 is 28.4 Å². The van der Waals surface area contributed by atoms with Gasteiger partial charge in [-0.05, 0) is 54.1 Å². The molecule has 0 aromatic heterocycles. The lowest BCUT2D eigenvalue weighted by Gasteiger charge is -2.08. The Balaban J connectivity index is 1.35. The van der Waals surface area contributed by atoms with E-state index in [1.807, 2.05) is 0 Å². The van der Waals surface area contributed by atoms with E-state index in [4.69, 9.17) is 28.4 Å². The third kappa shape index (κ3) is 3.82. The van der Waals surface area contributed by atoms with Crippen molar-refractivity contribution in [3.8, 4) is 34.5 Å². The van der Waals surface area contributed by atoms with Crippen LogP contribution in [0.2, 0.25) is 0 Å². The molecular weight excluding hydrogens is 428 g/mol. The first-order valence-corrected chi connectivity index (χ1v) is 9.98. The Morgan fingerprint density at radius 1 is 0.879 bits per heavy atom. The summed E-state index contributed by atoms with van der Waals surface area (Å²) in [6, 6.07) is 14.7. The zero-order valence-electron chi connectivity index (χ0n) is 17.7. The van der Waals surface area contributed by atoms with Gasteiger partial charge in [0.1, 0.15) is 11.5 Å². The van der Waals surface area contributed by atoms with Gasteiger partial charge in [0.2, 0.25) is 12.6 Å². The monoisotopic (exact) mass is 446 g/mol. The summed E-state index contributed by atoms with van der Waals surface area (Å²) >= 11 is 0. The minimum atomic E-state index is -0.571. The molecule has 0 aliphatic carbocycles. The molecule has 2 aliphatic heterocycles. The first-order valence-electron chi connectivity index (χ1n) is 9.98. The molecule has 0 amide bonds. The van der Waals surface area contributed by atoms with E-state index in [1.165, 1.54) is 13.2 Å². The highest BCUT2D eigenvalue weighted by molar-refractivity contribution is 6.14. The summed E-state index contributed by atoms with van der Waals surface area (Å²) in [4.78, 5) is 25.3. The SMILES string of the molecule is COc1ccc(/C=C2\Oc3cc(OC(=O)c4ccc5c(c4)OCO5)ccc3C2=O)cc1OC. The van der Waals surface area contributed by atoms with Gasteiger partial charge in [-0.25, -0.2) is 4.79 Å². The number of hydrogen-bond donors (Lipinski definition) is 0. The number of hydrogen-bond acceptors (Lipinski definition) is 8. The molecule has 0 saturated carbocycles. The Morgan fingerprint density at radius 3 is 2.52 bits per heavy atom. The molecule has 5 rings (SSSR count). The third-order valence-electron chi connectivity index (χ3n) is 5.17. The summed E-state index contributed by atoms with van der Waals surface area (Å²) in [5.41, 5.74) is 1.40. The molecule has 2 heterocycles. The van der Waals surface area contributed by atoms with Crippen molar-refractivity contribution in [1.82, 2.24) is 0 Å². The number of carbonyl (C=O) groups excluding carboxylic acids is 2. The van der Waals surface area contributed by atoms with Gasteiger partial charge in [-0.15, -0.1) is 0 Å². The molecule has 166 valence electrons. The highest BCUT2D eigenvalue weighted by atomic mass is 16.7. The van der Waals surface area contributed by atoms with Gasteiger partial charge in [0.15, 0.2) is 28.8 Å². The van der Waals surface area contributed by atoms with Crippen LogP contribution in [0.3, 0.4) is 0 Å². The minimum absolute atomic E-state index is 0.114. The van der Waals surface area contributed by atoms with Crippen LogP contribution in [0.4, 0.5) is 0 Å². The maximum Gasteiger partial charge on any atom is 0.343 e. The number of carbonyl (C=O) groups is 2. The fraction of sp³-hybridized carbons (Fsp3) is 0.120. The van der Waals surface area contributed by atoms with Crippen LogP contribution in [0.25, 0.3) is 6.08 Å². The Hall–Kier alpha value is -4.46. The van der Waals surface area contributed by atoms with E-state index in [0.29, 0.717) is 45.4 Å². The number of allylic oxidation sites excluding steroid dienone is 1. The summed E-state index contributed by atoms with van der Waals surface area (Å²) in [5, 5.41) is 0. The average Bonchev–Trinajstić information content (AvgIpc) is 3.42. The molecule has 3 aromatic rings. The largest absolute Gasteiger partial charge is 0.493 e. The lowest BCUT2D eigenvalue weighted by Crippen LogP contribution is -2.08. The summed E-state index contributed by atoms with van der Waals surface area (Å²) < 4.78 is 32.3. The number of ketones is 1. The first-order chi connectivity index (χ1) is 16.1. The Bertz CT molecular complexity index is 1310. The van der Waals surface area contributed by atoms with E-state index in [9.17, 15) is 9.59 Å². The molecule has 8 heteroatoms. The Kier molecular flexibility index (Phi) is 5.10. The molecule has 0 atom stereocenters. The molecule has 2 aliphatic rings. The van der Waals surface area contributed by atoms with E-state index in [1.54, 1.807) is 61.7 Å². The quantitative estimate of drug-likeness (QED) is 0.326. The summed E-state index contributed by atoms with van der Waals surface area (Å²) in [6.45, 7) is 0.114. The van der Waals surface area contributed by atoms with Crippen LogP contribution in [0.5, 0.6) is 34.5 Å². The van der Waals surface area contributed by atoms with Crippen molar-refractivity contribution in [3.05, 3.63) is 77.0 Å². The number of fused-ring (bicyclic) bond motifs is 2. The molecule has 0 bridgehead atoms. The van der Waals surface area contributed by atoms with Gasteiger partial charge in [0.05, 0.1) is 25.3 Å².